The number of nitrogens with one attached hydrogen (secondary N) is 1. The second kappa shape index (κ2) is 4.18. The van der Waals surface area contributed by atoms with Crippen LogP contribution in [0, 0.1) is 0 Å². The quantitative estimate of drug-likeness (QED) is 0.598. The molecule has 0 saturated carbocycles. The average molecular weight is 211 g/mol. The molecule has 84 valence electrons. The second-order valence-electron chi connectivity index (χ2n) is 4.11. The molecule has 0 bridgehead atoms. The summed E-state index contributed by atoms with van der Waals surface area (Å²) in [7, 11) is 0. The molecule has 0 aliphatic carbocycles. The highest BCUT2D eigenvalue weighted by molar-refractivity contribution is 6.35. The fourth-order valence-corrected chi connectivity index (χ4v) is 2.25. The first-order chi connectivity index (χ1) is 7.24. The lowest BCUT2D eigenvalue weighted by atomic mass is 10.1. The van der Waals surface area contributed by atoms with Gasteiger partial charge in [0.25, 0.3) is 0 Å². The van der Waals surface area contributed by atoms with Crippen molar-refractivity contribution in [2.45, 2.75) is 19.4 Å². The maximum Gasteiger partial charge on any atom is 0.312 e. The summed E-state index contributed by atoms with van der Waals surface area (Å²) in [5.74, 6) is -0.642. The van der Waals surface area contributed by atoms with Crippen LogP contribution in [0.1, 0.15) is 13.3 Å². The van der Waals surface area contributed by atoms with Crippen molar-refractivity contribution >= 4 is 11.8 Å². The Balaban J connectivity index is 2.10. The van der Waals surface area contributed by atoms with E-state index in [-0.39, 0.29) is 17.9 Å². The summed E-state index contributed by atoms with van der Waals surface area (Å²) in [6.45, 7) is 5.65. The molecule has 0 aromatic carbocycles. The number of hydrogen-bond acceptors (Lipinski definition) is 3. The third-order valence-electron chi connectivity index (χ3n) is 3.01. The highest BCUT2D eigenvalue weighted by atomic mass is 16.2. The number of hydrogen-bond donors (Lipinski definition) is 1. The normalized spacial score (nSPS) is 26.9. The van der Waals surface area contributed by atoms with Crippen molar-refractivity contribution in [3.8, 4) is 0 Å². The van der Waals surface area contributed by atoms with Gasteiger partial charge in [0, 0.05) is 32.7 Å². The Bertz CT molecular complexity index is 280. The molecule has 0 radical (unpaired) electrons. The molecule has 0 aromatic rings. The molecule has 2 amide bonds. The molecule has 1 unspecified atom stereocenters. The number of fused-ring (bicyclic) bond motifs is 1. The molecule has 5 heteroatoms. The van der Waals surface area contributed by atoms with Crippen LogP contribution < -0.4 is 5.32 Å². The Kier molecular flexibility index (Phi) is 2.90. The first-order valence-electron chi connectivity index (χ1n) is 5.54. The third kappa shape index (κ3) is 1.84. The standard InChI is InChI=1S/C10H17N3O2/c1-2-4-12-7-8-6-11-3-5-13(8)10(15)9(12)14/h8,11H,2-7H2,1H3. The highest BCUT2D eigenvalue weighted by Gasteiger charge is 2.39. The lowest BCUT2D eigenvalue weighted by Crippen LogP contribution is -2.65. The molecular formula is C10H17N3O2. The molecule has 0 aromatic heterocycles. The molecule has 15 heavy (non-hydrogen) atoms. The van der Waals surface area contributed by atoms with Crippen LogP contribution in [0.4, 0.5) is 0 Å². The molecular weight excluding hydrogens is 194 g/mol. The summed E-state index contributed by atoms with van der Waals surface area (Å²) in [6, 6.07) is 0.176. The van der Waals surface area contributed by atoms with Gasteiger partial charge in [-0.3, -0.25) is 9.59 Å². The first-order valence-corrected chi connectivity index (χ1v) is 5.54. The van der Waals surface area contributed by atoms with Gasteiger partial charge in [0.15, 0.2) is 0 Å². The van der Waals surface area contributed by atoms with E-state index in [1.807, 2.05) is 6.92 Å². The molecule has 1 atom stereocenters. The van der Waals surface area contributed by atoms with Crippen molar-refractivity contribution < 1.29 is 9.59 Å². The topological polar surface area (TPSA) is 52.6 Å². The Morgan fingerprint density at radius 3 is 2.93 bits per heavy atom. The van der Waals surface area contributed by atoms with E-state index in [0.29, 0.717) is 19.6 Å². The van der Waals surface area contributed by atoms with E-state index in [1.165, 1.54) is 0 Å². The van der Waals surface area contributed by atoms with Crippen LogP contribution >= 0.6 is 0 Å². The predicted octanol–water partition coefficient (Wildman–Crippen LogP) is -0.961. The van der Waals surface area contributed by atoms with Gasteiger partial charge in [-0.2, -0.15) is 0 Å². The average Bonchev–Trinajstić information content (AvgIpc) is 2.26. The number of nitrogens with zero attached hydrogens (tertiary/aromatic N) is 2. The lowest BCUT2D eigenvalue weighted by molar-refractivity contribution is -0.159. The number of amides is 2. The molecule has 1 N–H and O–H groups in total. The van der Waals surface area contributed by atoms with E-state index in [9.17, 15) is 9.59 Å². The first kappa shape index (κ1) is 10.4. The smallest absolute Gasteiger partial charge is 0.312 e. The number of piperazine rings is 2. The second-order valence-corrected chi connectivity index (χ2v) is 4.11. The van der Waals surface area contributed by atoms with Gasteiger partial charge in [0.1, 0.15) is 0 Å². The Morgan fingerprint density at radius 2 is 2.20 bits per heavy atom. The maximum absolute atomic E-state index is 11.8. The summed E-state index contributed by atoms with van der Waals surface area (Å²) in [5, 5.41) is 3.25. The molecule has 2 aliphatic rings. The SMILES string of the molecule is CCCN1CC2CNCCN2C(=O)C1=O. The van der Waals surface area contributed by atoms with Crippen molar-refractivity contribution in [2.24, 2.45) is 0 Å². The highest BCUT2D eigenvalue weighted by Crippen LogP contribution is 2.13. The van der Waals surface area contributed by atoms with Crippen LogP contribution in [0.25, 0.3) is 0 Å². The molecule has 2 rings (SSSR count). The van der Waals surface area contributed by atoms with Crippen molar-refractivity contribution in [3.05, 3.63) is 0 Å². The Morgan fingerprint density at radius 1 is 1.40 bits per heavy atom. The summed E-state index contributed by atoms with van der Waals surface area (Å²) in [6.07, 6.45) is 0.902. The van der Waals surface area contributed by atoms with Crippen LogP contribution in [-0.2, 0) is 9.59 Å². The lowest BCUT2D eigenvalue weighted by Gasteiger charge is -2.43. The molecule has 2 heterocycles. The Hall–Kier alpha value is -1.10. The van der Waals surface area contributed by atoms with Crippen molar-refractivity contribution in [2.75, 3.05) is 32.7 Å². The van der Waals surface area contributed by atoms with E-state index in [2.05, 4.69) is 5.32 Å². The van der Waals surface area contributed by atoms with E-state index in [1.54, 1.807) is 9.80 Å². The van der Waals surface area contributed by atoms with Crippen LogP contribution in [0.5, 0.6) is 0 Å². The van der Waals surface area contributed by atoms with E-state index >= 15 is 0 Å². The fourth-order valence-electron chi connectivity index (χ4n) is 2.25. The largest absolute Gasteiger partial charge is 0.332 e. The predicted molar refractivity (Wildman–Crippen MR) is 55.2 cm³/mol. The van der Waals surface area contributed by atoms with Crippen molar-refractivity contribution in [1.29, 1.82) is 0 Å². The van der Waals surface area contributed by atoms with Crippen LogP contribution in [-0.4, -0.2) is 60.4 Å². The minimum atomic E-state index is -0.324. The molecule has 5 nitrogen and oxygen atoms in total. The van der Waals surface area contributed by atoms with Gasteiger partial charge in [-0.05, 0) is 6.42 Å². The van der Waals surface area contributed by atoms with Gasteiger partial charge in [-0.15, -0.1) is 0 Å². The minimum Gasteiger partial charge on any atom is -0.332 e. The van der Waals surface area contributed by atoms with Crippen LogP contribution in [0.15, 0.2) is 0 Å². The van der Waals surface area contributed by atoms with Gasteiger partial charge >= 0.3 is 11.8 Å². The zero-order valence-electron chi connectivity index (χ0n) is 9.03. The van der Waals surface area contributed by atoms with E-state index in [4.69, 9.17) is 0 Å². The third-order valence-corrected chi connectivity index (χ3v) is 3.01. The molecule has 2 saturated heterocycles. The fraction of sp³-hybridized carbons (Fsp3) is 0.800. The van der Waals surface area contributed by atoms with E-state index < -0.39 is 0 Å². The van der Waals surface area contributed by atoms with Crippen molar-refractivity contribution in [3.63, 3.8) is 0 Å². The molecule has 0 spiro atoms. The van der Waals surface area contributed by atoms with Gasteiger partial charge in [-0.1, -0.05) is 6.92 Å². The summed E-state index contributed by atoms with van der Waals surface area (Å²) in [4.78, 5) is 26.8. The maximum atomic E-state index is 11.8. The van der Waals surface area contributed by atoms with Gasteiger partial charge in [-0.25, -0.2) is 0 Å². The van der Waals surface area contributed by atoms with Gasteiger partial charge in [0.2, 0.25) is 0 Å². The van der Waals surface area contributed by atoms with Crippen molar-refractivity contribution in [1.82, 2.24) is 15.1 Å². The zero-order chi connectivity index (χ0) is 10.8. The van der Waals surface area contributed by atoms with Gasteiger partial charge < -0.3 is 15.1 Å². The number of carbonyl (C=O) groups excluding carboxylic acids is 2. The van der Waals surface area contributed by atoms with E-state index in [0.717, 1.165) is 19.5 Å². The Labute approximate surface area is 89.4 Å². The van der Waals surface area contributed by atoms with Gasteiger partial charge in [0.05, 0.1) is 6.04 Å². The molecule has 2 aliphatic heterocycles. The monoisotopic (exact) mass is 211 g/mol. The van der Waals surface area contributed by atoms with Crippen LogP contribution in [0.2, 0.25) is 0 Å². The minimum absolute atomic E-state index is 0.176. The zero-order valence-corrected chi connectivity index (χ0v) is 9.03. The molecule has 2 fully saturated rings. The summed E-state index contributed by atoms with van der Waals surface area (Å²) >= 11 is 0. The summed E-state index contributed by atoms with van der Waals surface area (Å²) < 4.78 is 0. The number of rotatable bonds is 2. The van der Waals surface area contributed by atoms with Crippen LogP contribution in [0.3, 0.4) is 0 Å². The summed E-state index contributed by atoms with van der Waals surface area (Å²) in [5.41, 5.74) is 0. The number of carbonyl (C=O) groups is 2.